The Bertz CT molecular complexity index is 332. The normalized spacial score (nSPS) is 23.2. The van der Waals surface area contributed by atoms with Gasteiger partial charge in [0, 0.05) is 12.6 Å². The molecule has 2 saturated carbocycles. The van der Waals surface area contributed by atoms with E-state index in [0.29, 0.717) is 11.7 Å². The van der Waals surface area contributed by atoms with Gasteiger partial charge in [-0.1, -0.05) is 19.3 Å². The standard InChI is InChI=1S/C12H23NO3S/c14-9-8-13(12-6-7-12)17(15,16)10-11-4-2-1-3-5-11/h11-12,14H,1-10H2. The van der Waals surface area contributed by atoms with Gasteiger partial charge in [0.2, 0.25) is 10.0 Å². The van der Waals surface area contributed by atoms with Crippen molar-refractivity contribution in [1.29, 1.82) is 0 Å². The van der Waals surface area contributed by atoms with Gasteiger partial charge >= 0.3 is 0 Å². The lowest BCUT2D eigenvalue weighted by molar-refractivity contribution is 0.249. The van der Waals surface area contributed by atoms with Gasteiger partial charge in [-0.2, -0.15) is 4.31 Å². The van der Waals surface area contributed by atoms with Crippen LogP contribution in [-0.2, 0) is 10.0 Å². The third kappa shape index (κ3) is 3.66. The summed E-state index contributed by atoms with van der Waals surface area (Å²) in [5.74, 6) is 0.637. The highest BCUT2D eigenvalue weighted by Crippen LogP contribution is 2.32. The quantitative estimate of drug-likeness (QED) is 0.785. The number of aliphatic hydroxyl groups is 1. The van der Waals surface area contributed by atoms with Crippen molar-refractivity contribution < 1.29 is 13.5 Å². The Balaban J connectivity index is 1.95. The maximum absolute atomic E-state index is 12.3. The van der Waals surface area contributed by atoms with E-state index < -0.39 is 10.0 Å². The molecule has 0 spiro atoms. The van der Waals surface area contributed by atoms with Crippen molar-refractivity contribution in [2.45, 2.75) is 51.0 Å². The zero-order valence-corrected chi connectivity index (χ0v) is 11.2. The predicted octanol–water partition coefficient (Wildman–Crippen LogP) is 1.35. The van der Waals surface area contributed by atoms with Gasteiger partial charge in [-0.15, -0.1) is 0 Å². The first kappa shape index (κ1) is 13.3. The first-order valence-electron chi connectivity index (χ1n) is 6.74. The molecule has 2 rings (SSSR count). The molecule has 100 valence electrons. The highest BCUT2D eigenvalue weighted by molar-refractivity contribution is 7.89. The lowest BCUT2D eigenvalue weighted by Gasteiger charge is -2.26. The zero-order chi connectivity index (χ0) is 12.3. The summed E-state index contributed by atoms with van der Waals surface area (Å²) >= 11 is 0. The van der Waals surface area contributed by atoms with Crippen LogP contribution in [-0.4, -0.2) is 42.8 Å². The Morgan fingerprint density at radius 3 is 2.24 bits per heavy atom. The van der Waals surface area contributed by atoms with Crippen LogP contribution in [0, 0.1) is 5.92 Å². The number of rotatable bonds is 6. The van der Waals surface area contributed by atoms with Crippen LogP contribution >= 0.6 is 0 Å². The molecule has 0 aromatic rings. The van der Waals surface area contributed by atoms with E-state index in [1.54, 1.807) is 4.31 Å². The third-order valence-corrected chi connectivity index (χ3v) is 5.89. The van der Waals surface area contributed by atoms with E-state index >= 15 is 0 Å². The molecule has 0 atom stereocenters. The van der Waals surface area contributed by atoms with Gasteiger partial charge in [0.05, 0.1) is 12.4 Å². The molecule has 0 bridgehead atoms. The molecule has 2 aliphatic rings. The van der Waals surface area contributed by atoms with Gasteiger partial charge in [-0.25, -0.2) is 8.42 Å². The van der Waals surface area contributed by atoms with E-state index in [1.165, 1.54) is 19.3 Å². The minimum absolute atomic E-state index is 0.0691. The van der Waals surface area contributed by atoms with E-state index in [4.69, 9.17) is 5.11 Å². The van der Waals surface area contributed by atoms with Gasteiger partial charge in [0.1, 0.15) is 0 Å². The monoisotopic (exact) mass is 261 g/mol. The van der Waals surface area contributed by atoms with Crippen LogP contribution in [0.2, 0.25) is 0 Å². The topological polar surface area (TPSA) is 57.6 Å². The van der Waals surface area contributed by atoms with E-state index in [0.717, 1.165) is 25.7 Å². The van der Waals surface area contributed by atoms with Crippen LogP contribution < -0.4 is 0 Å². The predicted molar refractivity (Wildman–Crippen MR) is 67.2 cm³/mol. The molecule has 0 aliphatic heterocycles. The molecule has 0 unspecified atom stereocenters. The summed E-state index contributed by atoms with van der Waals surface area (Å²) < 4.78 is 26.1. The molecule has 0 amide bonds. The summed E-state index contributed by atoms with van der Waals surface area (Å²) in [5, 5.41) is 8.98. The van der Waals surface area contributed by atoms with Crippen LogP contribution in [0.5, 0.6) is 0 Å². The summed E-state index contributed by atoms with van der Waals surface area (Å²) in [7, 11) is -3.15. The molecular formula is C12H23NO3S. The Hall–Kier alpha value is -0.130. The first-order chi connectivity index (χ1) is 8.13. The summed E-state index contributed by atoms with van der Waals surface area (Å²) in [4.78, 5) is 0. The minimum Gasteiger partial charge on any atom is -0.395 e. The smallest absolute Gasteiger partial charge is 0.214 e. The number of sulfonamides is 1. The maximum atomic E-state index is 12.3. The highest BCUT2D eigenvalue weighted by Gasteiger charge is 2.37. The second kappa shape index (κ2) is 5.67. The lowest BCUT2D eigenvalue weighted by Crippen LogP contribution is -2.39. The molecule has 0 heterocycles. The van der Waals surface area contributed by atoms with Crippen molar-refractivity contribution in [2.75, 3.05) is 18.9 Å². The van der Waals surface area contributed by atoms with Crippen LogP contribution in [0.3, 0.4) is 0 Å². The van der Waals surface area contributed by atoms with Gasteiger partial charge in [0.25, 0.3) is 0 Å². The average molecular weight is 261 g/mol. The van der Waals surface area contributed by atoms with Crippen molar-refractivity contribution in [3.63, 3.8) is 0 Å². The molecule has 5 heteroatoms. The molecule has 17 heavy (non-hydrogen) atoms. The van der Waals surface area contributed by atoms with Crippen molar-refractivity contribution in [2.24, 2.45) is 5.92 Å². The van der Waals surface area contributed by atoms with Crippen molar-refractivity contribution in [1.82, 2.24) is 4.31 Å². The van der Waals surface area contributed by atoms with Crippen molar-refractivity contribution in [3.05, 3.63) is 0 Å². The zero-order valence-electron chi connectivity index (χ0n) is 10.3. The Morgan fingerprint density at radius 1 is 1.06 bits per heavy atom. The fourth-order valence-corrected chi connectivity index (χ4v) is 4.90. The van der Waals surface area contributed by atoms with Crippen LogP contribution in [0.4, 0.5) is 0 Å². The van der Waals surface area contributed by atoms with Crippen LogP contribution in [0.1, 0.15) is 44.9 Å². The van der Waals surface area contributed by atoms with Crippen LogP contribution in [0.15, 0.2) is 0 Å². The van der Waals surface area contributed by atoms with Crippen LogP contribution in [0.25, 0.3) is 0 Å². The minimum atomic E-state index is -3.15. The molecule has 2 fully saturated rings. The Kier molecular flexibility index (Phi) is 4.44. The molecule has 4 nitrogen and oxygen atoms in total. The van der Waals surface area contributed by atoms with E-state index in [1.807, 2.05) is 0 Å². The molecule has 0 aromatic heterocycles. The number of hydrogen-bond donors (Lipinski definition) is 1. The van der Waals surface area contributed by atoms with Gasteiger partial charge in [-0.05, 0) is 31.6 Å². The molecule has 0 saturated heterocycles. The highest BCUT2D eigenvalue weighted by atomic mass is 32.2. The lowest BCUT2D eigenvalue weighted by atomic mass is 9.91. The van der Waals surface area contributed by atoms with Crippen molar-refractivity contribution >= 4 is 10.0 Å². The van der Waals surface area contributed by atoms with Gasteiger partial charge < -0.3 is 5.11 Å². The molecule has 2 aliphatic carbocycles. The number of aliphatic hydroxyl groups excluding tert-OH is 1. The Morgan fingerprint density at radius 2 is 1.71 bits per heavy atom. The van der Waals surface area contributed by atoms with Crippen molar-refractivity contribution in [3.8, 4) is 0 Å². The van der Waals surface area contributed by atoms with E-state index in [9.17, 15) is 8.42 Å². The summed E-state index contributed by atoms with van der Waals surface area (Å²) in [6.07, 6.45) is 7.62. The van der Waals surface area contributed by atoms with Gasteiger partial charge in [-0.3, -0.25) is 0 Å². The first-order valence-corrected chi connectivity index (χ1v) is 8.35. The largest absolute Gasteiger partial charge is 0.395 e. The molecular weight excluding hydrogens is 238 g/mol. The summed E-state index contributed by atoms with van der Waals surface area (Å²) in [6.45, 7) is 0.208. The van der Waals surface area contributed by atoms with Gasteiger partial charge in [0.15, 0.2) is 0 Å². The number of hydrogen-bond acceptors (Lipinski definition) is 3. The second-order valence-electron chi connectivity index (χ2n) is 5.35. The fourth-order valence-electron chi connectivity index (χ4n) is 2.76. The number of nitrogens with zero attached hydrogens (tertiary/aromatic N) is 1. The fraction of sp³-hybridized carbons (Fsp3) is 1.00. The SMILES string of the molecule is O=S(=O)(CC1CCCCC1)N(CCO)C1CC1. The molecule has 1 N–H and O–H groups in total. The summed E-state index contributed by atoms with van der Waals surface area (Å²) in [5.41, 5.74) is 0. The second-order valence-corrected chi connectivity index (χ2v) is 7.31. The molecule has 0 radical (unpaired) electrons. The maximum Gasteiger partial charge on any atom is 0.214 e. The van der Waals surface area contributed by atoms with E-state index in [-0.39, 0.29) is 19.2 Å². The summed E-state index contributed by atoms with van der Waals surface area (Å²) in [6, 6.07) is 0.177. The van der Waals surface area contributed by atoms with E-state index in [2.05, 4.69) is 0 Å². The molecule has 0 aromatic carbocycles. The Labute approximate surface area is 104 Å². The average Bonchev–Trinajstić information content (AvgIpc) is 3.10. The third-order valence-electron chi connectivity index (χ3n) is 3.80.